The molecule has 4 rings (SSSR count). The minimum absolute atomic E-state index is 0.111. The highest BCUT2D eigenvalue weighted by atomic mass is 16.5. The summed E-state index contributed by atoms with van der Waals surface area (Å²) < 4.78 is 11.9. The van der Waals surface area contributed by atoms with Gasteiger partial charge < -0.3 is 30.1 Å². The van der Waals surface area contributed by atoms with E-state index in [4.69, 9.17) is 19.4 Å². The summed E-state index contributed by atoms with van der Waals surface area (Å²) in [7, 11) is 0. The topological polar surface area (TPSA) is 109 Å². The smallest absolute Gasteiger partial charge is 0.319 e. The van der Waals surface area contributed by atoms with E-state index in [2.05, 4.69) is 22.5 Å². The second kappa shape index (κ2) is 10.0. The maximum absolute atomic E-state index is 11.8. The number of hydrogen-bond donors (Lipinski definition) is 3. The fourth-order valence-corrected chi connectivity index (χ4v) is 4.40. The highest BCUT2D eigenvalue weighted by Crippen LogP contribution is 2.43. The molecule has 9 heteroatoms. The van der Waals surface area contributed by atoms with Crippen molar-refractivity contribution in [1.82, 2.24) is 15.3 Å². The Labute approximate surface area is 194 Å². The van der Waals surface area contributed by atoms with E-state index in [9.17, 15) is 9.90 Å². The molecule has 2 aliphatic heterocycles. The van der Waals surface area contributed by atoms with Crippen molar-refractivity contribution in [2.45, 2.75) is 51.9 Å². The van der Waals surface area contributed by atoms with Gasteiger partial charge in [-0.05, 0) is 57.9 Å². The molecular formula is C24H33N5O4. The molecule has 0 aliphatic carbocycles. The van der Waals surface area contributed by atoms with Crippen molar-refractivity contribution in [2.75, 3.05) is 43.1 Å². The first-order valence-corrected chi connectivity index (χ1v) is 11.6. The quantitative estimate of drug-likeness (QED) is 0.589. The summed E-state index contributed by atoms with van der Waals surface area (Å²) in [5, 5.41) is 14.9. The number of aromatic nitrogens is 2. The van der Waals surface area contributed by atoms with E-state index >= 15 is 0 Å². The summed E-state index contributed by atoms with van der Waals surface area (Å²) >= 11 is 0. The molecule has 2 aromatic rings. The van der Waals surface area contributed by atoms with Gasteiger partial charge in [0.1, 0.15) is 11.4 Å². The number of carbonyl (C=O) groups is 1. The molecule has 3 N–H and O–H groups in total. The third-order valence-corrected chi connectivity index (χ3v) is 6.21. The van der Waals surface area contributed by atoms with E-state index in [-0.39, 0.29) is 18.7 Å². The van der Waals surface area contributed by atoms with Crippen LogP contribution in [0.4, 0.5) is 16.3 Å². The van der Waals surface area contributed by atoms with E-state index in [1.165, 1.54) is 0 Å². The van der Waals surface area contributed by atoms with Crippen molar-refractivity contribution in [3.05, 3.63) is 35.5 Å². The molecule has 2 atom stereocenters. The molecule has 0 radical (unpaired) electrons. The van der Waals surface area contributed by atoms with Crippen LogP contribution in [0.15, 0.2) is 24.3 Å². The number of nitrogens with zero attached hydrogens (tertiary/aromatic N) is 3. The number of amides is 2. The van der Waals surface area contributed by atoms with Crippen molar-refractivity contribution in [3.8, 4) is 11.4 Å². The number of hydrogen-bond acceptors (Lipinski definition) is 7. The third kappa shape index (κ3) is 4.95. The molecule has 1 fully saturated rings. The number of aliphatic hydroxyl groups excluding tert-OH is 1. The number of urea groups is 1. The number of morpholine rings is 1. The Balaban J connectivity index is 1.72. The number of benzene rings is 1. The minimum Gasteiger partial charge on any atom is -0.396 e. The lowest BCUT2D eigenvalue weighted by Gasteiger charge is -2.35. The van der Waals surface area contributed by atoms with Gasteiger partial charge in [0.15, 0.2) is 5.82 Å². The van der Waals surface area contributed by atoms with Gasteiger partial charge in [-0.3, -0.25) is 0 Å². The summed E-state index contributed by atoms with van der Waals surface area (Å²) in [5.41, 5.74) is 2.89. The number of anilines is 2. The summed E-state index contributed by atoms with van der Waals surface area (Å²) in [5.74, 6) is 1.51. The number of rotatable bonds is 7. The van der Waals surface area contributed by atoms with Crippen LogP contribution >= 0.6 is 0 Å². The molecule has 9 nitrogen and oxygen atoms in total. The van der Waals surface area contributed by atoms with Gasteiger partial charge in [0, 0.05) is 36.5 Å². The zero-order valence-electron chi connectivity index (χ0n) is 19.6. The number of fused-ring (bicyclic) bond motifs is 1. The predicted octanol–water partition coefficient (Wildman–Crippen LogP) is 3.03. The van der Waals surface area contributed by atoms with Crippen LogP contribution in [0.1, 0.15) is 44.9 Å². The van der Waals surface area contributed by atoms with Crippen LogP contribution in [-0.4, -0.2) is 60.1 Å². The zero-order chi connectivity index (χ0) is 23.4. The lowest BCUT2D eigenvalue weighted by molar-refractivity contribution is -0.0353. The zero-order valence-corrected chi connectivity index (χ0v) is 19.6. The lowest BCUT2D eigenvalue weighted by Crippen LogP contribution is -2.44. The normalized spacial score (nSPS) is 22.2. The molecule has 178 valence electrons. The SMILES string of the molecule is CCNC(=O)Nc1ccc(-c2nc(N3CCOC[C@@H]3C)c3c(n2)[C@@](C)(CCCO)OC3)cc1. The maximum atomic E-state index is 11.8. The largest absolute Gasteiger partial charge is 0.396 e. The van der Waals surface area contributed by atoms with Crippen molar-refractivity contribution in [2.24, 2.45) is 0 Å². The molecule has 2 amide bonds. The van der Waals surface area contributed by atoms with E-state index in [0.717, 1.165) is 29.2 Å². The Morgan fingerprint density at radius 1 is 1.30 bits per heavy atom. The van der Waals surface area contributed by atoms with E-state index in [0.29, 0.717) is 50.7 Å². The molecular weight excluding hydrogens is 422 g/mol. The Hall–Kier alpha value is -2.75. The van der Waals surface area contributed by atoms with E-state index in [1.54, 1.807) is 0 Å². The summed E-state index contributed by atoms with van der Waals surface area (Å²) in [6.45, 7) is 9.23. The molecule has 1 aromatic heterocycles. The highest BCUT2D eigenvalue weighted by Gasteiger charge is 2.40. The first kappa shape index (κ1) is 23.4. The summed E-state index contributed by atoms with van der Waals surface area (Å²) in [6.07, 6.45) is 1.32. The molecule has 3 heterocycles. The average molecular weight is 456 g/mol. The number of carbonyl (C=O) groups excluding carboxylic acids is 1. The van der Waals surface area contributed by atoms with Gasteiger partial charge in [-0.15, -0.1) is 0 Å². The first-order chi connectivity index (χ1) is 15.9. The maximum Gasteiger partial charge on any atom is 0.319 e. The van der Waals surface area contributed by atoms with Gasteiger partial charge in [0.2, 0.25) is 0 Å². The summed E-state index contributed by atoms with van der Waals surface area (Å²) in [6, 6.07) is 7.48. The minimum atomic E-state index is -0.570. The van der Waals surface area contributed by atoms with Crippen LogP contribution in [0.5, 0.6) is 0 Å². The molecule has 33 heavy (non-hydrogen) atoms. The first-order valence-electron chi connectivity index (χ1n) is 11.6. The van der Waals surface area contributed by atoms with Crippen LogP contribution in [0.25, 0.3) is 11.4 Å². The highest BCUT2D eigenvalue weighted by molar-refractivity contribution is 5.89. The van der Waals surface area contributed by atoms with Crippen LogP contribution in [-0.2, 0) is 21.7 Å². The second-order valence-electron chi connectivity index (χ2n) is 8.72. The van der Waals surface area contributed by atoms with Crippen LogP contribution in [0.2, 0.25) is 0 Å². The van der Waals surface area contributed by atoms with Gasteiger partial charge in [0.05, 0.1) is 31.6 Å². The molecule has 0 saturated carbocycles. The molecule has 1 saturated heterocycles. The molecule has 0 unspecified atom stereocenters. The van der Waals surface area contributed by atoms with Gasteiger partial charge in [-0.1, -0.05) is 0 Å². The molecule has 1 aromatic carbocycles. The number of nitrogens with one attached hydrogen (secondary N) is 2. The van der Waals surface area contributed by atoms with Gasteiger partial charge in [-0.25, -0.2) is 14.8 Å². The van der Waals surface area contributed by atoms with Crippen molar-refractivity contribution in [1.29, 1.82) is 0 Å². The van der Waals surface area contributed by atoms with Gasteiger partial charge >= 0.3 is 6.03 Å². The fourth-order valence-electron chi connectivity index (χ4n) is 4.40. The number of aliphatic hydroxyl groups is 1. The van der Waals surface area contributed by atoms with Gasteiger partial charge in [0.25, 0.3) is 0 Å². The molecule has 2 aliphatic rings. The third-order valence-electron chi connectivity index (χ3n) is 6.21. The molecule has 0 bridgehead atoms. The van der Waals surface area contributed by atoms with E-state index in [1.807, 2.05) is 38.1 Å². The Kier molecular flexibility index (Phi) is 7.11. The molecule has 0 spiro atoms. The Morgan fingerprint density at radius 2 is 2.09 bits per heavy atom. The summed E-state index contributed by atoms with van der Waals surface area (Å²) in [4.78, 5) is 24.0. The van der Waals surface area contributed by atoms with Crippen molar-refractivity contribution in [3.63, 3.8) is 0 Å². The second-order valence-corrected chi connectivity index (χ2v) is 8.72. The van der Waals surface area contributed by atoms with E-state index < -0.39 is 5.60 Å². The predicted molar refractivity (Wildman–Crippen MR) is 126 cm³/mol. The Morgan fingerprint density at radius 3 is 2.79 bits per heavy atom. The van der Waals surface area contributed by atoms with Crippen molar-refractivity contribution < 1.29 is 19.4 Å². The average Bonchev–Trinajstić information content (AvgIpc) is 3.15. The van der Waals surface area contributed by atoms with Crippen LogP contribution in [0.3, 0.4) is 0 Å². The van der Waals surface area contributed by atoms with Crippen LogP contribution < -0.4 is 15.5 Å². The Bertz CT molecular complexity index is 984. The van der Waals surface area contributed by atoms with Crippen molar-refractivity contribution >= 4 is 17.5 Å². The monoisotopic (exact) mass is 455 g/mol. The van der Waals surface area contributed by atoms with Gasteiger partial charge in [-0.2, -0.15) is 0 Å². The number of ether oxygens (including phenoxy) is 2. The fraction of sp³-hybridized carbons (Fsp3) is 0.542. The van der Waals surface area contributed by atoms with Crippen LogP contribution in [0, 0.1) is 0 Å². The lowest BCUT2D eigenvalue weighted by atomic mass is 9.94. The standard InChI is InChI=1S/C24H33N5O4/c1-4-25-23(31)26-18-8-6-17(7-9-18)21-27-20-19(15-33-24(20,3)10-5-12-30)22(28-21)29-11-13-32-14-16(29)2/h6-9,16,30H,4-5,10-15H2,1-3H3,(H2,25,26,31)/t16-,24+/m0/s1.